The topological polar surface area (TPSA) is 84.5 Å². The lowest BCUT2D eigenvalue weighted by Gasteiger charge is -2.13. The summed E-state index contributed by atoms with van der Waals surface area (Å²) in [4.78, 5) is 35.9. The molecule has 2 amide bonds. The molecular formula is C17H23ClN2O4S. The van der Waals surface area contributed by atoms with Gasteiger partial charge < -0.3 is 15.4 Å². The van der Waals surface area contributed by atoms with Gasteiger partial charge in [0.25, 0.3) is 5.91 Å². The number of carbonyl (C=O) groups is 3. The standard InChI is InChI=1S/C17H23ClN2O4S/c1-3-9-19-17(23)12(2)20-15(21)11-24-16(22)8-10-25-14-6-4-13(18)5-7-14/h4-7,12H,3,8-11H2,1-2H3,(H,19,23)(H,20,21)/t12-/m1/s1. The number of halogens is 1. The molecule has 0 aromatic heterocycles. The molecule has 0 bridgehead atoms. The lowest BCUT2D eigenvalue weighted by Crippen LogP contribution is -2.46. The Hall–Kier alpha value is -1.73. The van der Waals surface area contributed by atoms with Crippen molar-refractivity contribution in [1.82, 2.24) is 10.6 Å². The smallest absolute Gasteiger partial charge is 0.307 e. The number of nitrogens with one attached hydrogen (secondary N) is 2. The van der Waals surface area contributed by atoms with Crippen LogP contribution in [0.25, 0.3) is 0 Å². The van der Waals surface area contributed by atoms with E-state index in [1.165, 1.54) is 11.8 Å². The van der Waals surface area contributed by atoms with Crippen LogP contribution in [-0.4, -0.2) is 42.7 Å². The molecule has 1 rings (SSSR count). The van der Waals surface area contributed by atoms with Crippen molar-refractivity contribution in [1.29, 1.82) is 0 Å². The van der Waals surface area contributed by atoms with Gasteiger partial charge in [-0.05, 0) is 37.6 Å². The summed E-state index contributed by atoms with van der Waals surface area (Å²) in [5.41, 5.74) is 0. The van der Waals surface area contributed by atoms with Crippen LogP contribution in [0.15, 0.2) is 29.2 Å². The number of amides is 2. The van der Waals surface area contributed by atoms with Gasteiger partial charge in [-0.3, -0.25) is 14.4 Å². The van der Waals surface area contributed by atoms with Crippen LogP contribution in [0.5, 0.6) is 0 Å². The highest BCUT2D eigenvalue weighted by Crippen LogP contribution is 2.20. The lowest BCUT2D eigenvalue weighted by atomic mass is 10.3. The van der Waals surface area contributed by atoms with Gasteiger partial charge in [0.2, 0.25) is 5.91 Å². The first-order chi connectivity index (χ1) is 11.9. The fraction of sp³-hybridized carbons (Fsp3) is 0.471. The van der Waals surface area contributed by atoms with Crippen molar-refractivity contribution in [2.75, 3.05) is 18.9 Å². The summed E-state index contributed by atoms with van der Waals surface area (Å²) in [5, 5.41) is 5.82. The van der Waals surface area contributed by atoms with E-state index < -0.39 is 24.5 Å². The maximum absolute atomic E-state index is 11.7. The molecule has 2 N–H and O–H groups in total. The molecule has 138 valence electrons. The second-order valence-electron chi connectivity index (χ2n) is 5.29. The Morgan fingerprint density at radius 3 is 2.56 bits per heavy atom. The number of carbonyl (C=O) groups excluding carboxylic acids is 3. The SMILES string of the molecule is CCCNC(=O)[C@@H](C)NC(=O)COC(=O)CCSc1ccc(Cl)cc1. The Morgan fingerprint density at radius 2 is 1.92 bits per heavy atom. The molecule has 0 aliphatic heterocycles. The number of rotatable bonds is 10. The second kappa shape index (κ2) is 11.8. The van der Waals surface area contributed by atoms with Gasteiger partial charge >= 0.3 is 5.97 Å². The fourth-order valence-electron chi connectivity index (χ4n) is 1.75. The highest BCUT2D eigenvalue weighted by molar-refractivity contribution is 7.99. The van der Waals surface area contributed by atoms with Crippen LogP contribution in [0.2, 0.25) is 5.02 Å². The summed E-state index contributed by atoms with van der Waals surface area (Å²) < 4.78 is 4.91. The van der Waals surface area contributed by atoms with Gasteiger partial charge in [-0.15, -0.1) is 11.8 Å². The van der Waals surface area contributed by atoms with E-state index in [4.69, 9.17) is 16.3 Å². The lowest BCUT2D eigenvalue weighted by molar-refractivity contribution is -0.148. The van der Waals surface area contributed by atoms with Crippen LogP contribution in [0.4, 0.5) is 0 Å². The first kappa shape index (κ1) is 21.3. The van der Waals surface area contributed by atoms with Gasteiger partial charge in [0.15, 0.2) is 6.61 Å². The molecule has 0 saturated carbocycles. The second-order valence-corrected chi connectivity index (χ2v) is 6.90. The number of hydrogen-bond acceptors (Lipinski definition) is 5. The van der Waals surface area contributed by atoms with Gasteiger partial charge in [-0.2, -0.15) is 0 Å². The van der Waals surface area contributed by atoms with Crippen molar-refractivity contribution >= 4 is 41.1 Å². The highest BCUT2D eigenvalue weighted by atomic mass is 35.5. The van der Waals surface area contributed by atoms with Crippen LogP contribution in [0, 0.1) is 0 Å². The largest absolute Gasteiger partial charge is 0.456 e. The van der Waals surface area contributed by atoms with Gasteiger partial charge in [0, 0.05) is 22.2 Å². The van der Waals surface area contributed by atoms with Crippen LogP contribution in [0.1, 0.15) is 26.7 Å². The van der Waals surface area contributed by atoms with Crippen molar-refractivity contribution in [3.8, 4) is 0 Å². The number of ether oxygens (including phenoxy) is 1. The van der Waals surface area contributed by atoms with E-state index in [9.17, 15) is 14.4 Å². The third kappa shape index (κ3) is 9.36. The molecule has 0 radical (unpaired) electrons. The minimum Gasteiger partial charge on any atom is -0.456 e. The Balaban J connectivity index is 2.19. The van der Waals surface area contributed by atoms with Gasteiger partial charge in [-0.25, -0.2) is 0 Å². The van der Waals surface area contributed by atoms with E-state index in [-0.39, 0.29) is 12.3 Å². The highest BCUT2D eigenvalue weighted by Gasteiger charge is 2.16. The van der Waals surface area contributed by atoms with E-state index in [0.717, 1.165) is 11.3 Å². The third-order valence-corrected chi connectivity index (χ3v) is 4.34. The third-order valence-electron chi connectivity index (χ3n) is 3.07. The molecule has 25 heavy (non-hydrogen) atoms. The van der Waals surface area contributed by atoms with Crippen LogP contribution >= 0.6 is 23.4 Å². The molecule has 0 saturated heterocycles. The Bertz CT molecular complexity index is 581. The van der Waals surface area contributed by atoms with E-state index >= 15 is 0 Å². The van der Waals surface area contributed by atoms with Gasteiger partial charge in [-0.1, -0.05) is 18.5 Å². The molecule has 0 aliphatic rings. The summed E-state index contributed by atoms with van der Waals surface area (Å²) in [6.07, 6.45) is 1.01. The predicted octanol–water partition coefficient (Wildman–Crippen LogP) is 2.40. The average Bonchev–Trinajstić information content (AvgIpc) is 2.59. The van der Waals surface area contributed by atoms with Crippen molar-refractivity contribution in [3.05, 3.63) is 29.3 Å². The van der Waals surface area contributed by atoms with Crippen molar-refractivity contribution in [3.63, 3.8) is 0 Å². The molecule has 1 atom stereocenters. The monoisotopic (exact) mass is 386 g/mol. The summed E-state index contributed by atoms with van der Waals surface area (Å²) in [6, 6.07) is 6.64. The normalized spacial score (nSPS) is 11.5. The summed E-state index contributed by atoms with van der Waals surface area (Å²) in [6.45, 7) is 3.68. The van der Waals surface area contributed by atoms with E-state index in [1.807, 2.05) is 19.1 Å². The molecular weight excluding hydrogens is 364 g/mol. The Kier molecular flexibility index (Phi) is 10.0. The molecule has 0 spiro atoms. The molecule has 1 aromatic carbocycles. The average molecular weight is 387 g/mol. The number of esters is 1. The number of hydrogen-bond donors (Lipinski definition) is 2. The summed E-state index contributed by atoms with van der Waals surface area (Å²) in [7, 11) is 0. The molecule has 1 aromatic rings. The first-order valence-electron chi connectivity index (χ1n) is 8.03. The summed E-state index contributed by atoms with van der Waals surface area (Å²) in [5.74, 6) is -0.684. The van der Waals surface area contributed by atoms with Crippen LogP contribution in [0.3, 0.4) is 0 Å². The molecule has 0 aliphatic carbocycles. The van der Waals surface area contributed by atoms with E-state index in [1.54, 1.807) is 19.1 Å². The van der Waals surface area contributed by atoms with Crippen molar-refractivity contribution < 1.29 is 19.1 Å². The van der Waals surface area contributed by atoms with E-state index in [0.29, 0.717) is 17.3 Å². The zero-order valence-electron chi connectivity index (χ0n) is 14.3. The van der Waals surface area contributed by atoms with Crippen LogP contribution in [-0.2, 0) is 19.1 Å². The number of benzene rings is 1. The fourth-order valence-corrected chi connectivity index (χ4v) is 2.71. The van der Waals surface area contributed by atoms with Crippen molar-refractivity contribution in [2.24, 2.45) is 0 Å². The minimum absolute atomic E-state index is 0.188. The molecule has 8 heteroatoms. The Morgan fingerprint density at radius 1 is 1.24 bits per heavy atom. The number of thioether (sulfide) groups is 1. The van der Waals surface area contributed by atoms with Gasteiger partial charge in [0.05, 0.1) is 6.42 Å². The zero-order chi connectivity index (χ0) is 18.7. The summed E-state index contributed by atoms with van der Waals surface area (Å²) >= 11 is 7.30. The molecule has 6 nitrogen and oxygen atoms in total. The maximum atomic E-state index is 11.7. The Labute approximate surface area is 157 Å². The molecule has 0 fully saturated rings. The van der Waals surface area contributed by atoms with Gasteiger partial charge in [0.1, 0.15) is 6.04 Å². The first-order valence-corrected chi connectivity index (χ1v) is 9.39. The molecule has 0 unspecified atom stereocenters. The maximum Gasteiger partial charge on any atom is 0.307 e. The zero-order valence-corrected chi connectivity index (χ0v) is 15.9. The quantitative estimate of drug-likeness (QED) is 0.476. The molecule has 0 heterocycles. The van der Waals surface area contributed by atoms with Crippen LogP contribution < -0.4 is 10.6 Å². The minimum atomic E-state index is -0.668. The predicted molar refractivity (Wildman–Crippen MR) is 98.7 cm³/mol. The van der Waals surface area contributed by atoms with Crippen molar-refractivity contribution in [2.45, 2.75) is 37.6 Å². The van der Waals surface area contributed by atoms with E-state index in [2.05, 4.69) is 10.6 Å².